The summed E-state index contributed by atoms with van der Waals surface area (Å²) in [5.41, 5.74) is 0.756. The Kier molecular flexibility index (Phi) is 4.19. The summed E-state index contributed by atoms with van der Waals surface area (Å²) in [4.78, 5) is 2.68. The molecule has 0 bridgehead atoms. The molecule has 1 N–H and O–H groups in total. The second-order valence-electron chi connectivity index (χ2n) is 7.51. The summed E-state index contributed by atoms with van der Waals surface area (Å²) in [6.45, 7) is 10.0. The van der Waals surface area contributed by atoms with Crippen LogP contribution in [0.25, 0.3) is 0 Å². The first-order valence-corrected chi connectivity index (χ1v) is 8.69. The minimum absolute atomic E-state index is 0.718. The molecule has 2 nitrogen and oxygen atoms in total. The van der Waals surface area contributed by atoms with Gasteiger partial charge in [0.25, 0.3) is 0 Å². The summed E-state index contributed by atoms with van der Waals surface area (Å²) >= 11 is 0. The van der Waals surface area contributed by atoms with Crippen LogP contribution in [0.5, 0.6) is 0 Å². The van der Waals surface area contributed by atoms with Gasteiger partial charge in [0, 0.05) is 19.1 Å². The maximum atomic E-state index is 3.91. The molecule has 19 heavy (non-hydrogen) atoms. The van der Waals surface area contributed by atoms with Crippen LogP contribution in [0.1, 0.15) is 58.8 Å². The molecule has 0 aromatic rings. The van der Waals surface area contributed by atoms with Gasteiger partial charge in [0.15, 0.2) is 0 Å². The zero-order chi connectivity index (χ0) is 13.3. The molecule has 0 radical (unpaired) electrons. The Morgan fingerprint density at radius 2 is 2.05 bits per heavy atom. The van der Waals surface area contributed by atoms with Gasteiger partial charge < -0.3 is 10.2 Å². The van der Waals surface area contributed by atoms with Gasteiger partial charge in [0.2, 0.25) is 0 Å². The smallest absolute Gasteiger partial charge is 0.00794 e. The molecule has 3 fully saturated rings. The zero-order valence-electron chi connectivity index (χ0n) is 13.0. The molecule has 2 atom stereocenters. The standard InChI is InChI=1S/C17H32N2/c1-3-10-19-11-4-5-15(12-19)14(2)18-13-17(8-9-17)16-6-7-16/h14-16,18H,3-13H2,1-2H3. The molecule has 0 amide bonds. The maximum Gasteiger partial charge on any atom is 0.00794 e. The van der Waals surface area contributed by atoms with Gasteiger partial charge in [-0.1, -0.05) is 6.92 Å². The van der Waals surface area contributed by atoms with Crippen LogP contribution in [0.15, 0.2) is 0 Å². The molecule has 0 spiro atoms. The van der Waals surface area contributed by atoms with Gasteiger partial charge >= 0.3 is 0 Å². The lowest BCUT2D eigenvalue weighted by Crippen LogP contribution is -2.46. The van der Waals surface area contributed by atoms with Crippen LogP contribution in [0.3, 0.4) is 0 Å². The van der Waals surface area contributed by atoms with Crippen molar-refractivity contribution < 1.29 is 0 Å². The van der Waals surface area contributed by atoms with E-state index in [1.807, 2.05) is 0 Å². The van der Waals surface area contributed by atoms with Crippen molar-refractivity contribution in [1.29, 1.82) is 0 Å². The maximum absolute atomic E-state index is 3.91. The third-order valence-corrected chi connectivity index (χ3v) is 5.90. The molecular weight excluding hydrogens is 232 g/mol. The predicted molar refractivity (Wildman–Crippen MR) is 81.3 cm³/mol. The van der Waals surface area contributed by atoms with E-state index in [1.54, 1.807) is 0 Å². The number of piperidine rings is 1. The van der Waals surface area contributed by atoms with Crippen molar-refractivity contribution >= 4 is 0 Å². The number of nitrogens with zero attached hydrogens (tertiary/aromatic N) is 1. The van der Waals surface area contributed by atoms with Crippen molar-refractivity contribution in [1.82, 2.24) is 10.2 Å². The van der Waals surface area contributed by atoms with Crippen LogP contribution < -0.4 is 5.32 Å². The van der Waals surface area contributed by atoms with Crippen molar-refractivity contribution in [3.05, 3.63) is 0 Å². The second kappa shape index (κ2) is 5.73. The van der Waals surface area contributed by atoms with Crippen LogP contribution in [-0.2, 0) is 0 Å². The molecule has 2 saturated carbocycles. The fourth-order valence-corrected chi connectivity index (χ4v) is 4.14. The summed E-state index contributed by atoms with van der Waals surface area (Å²) in [6.07, 6.45) is 10.2. The Bertz CT molecular complexity index is 292. The quantitative estimate of drug-likeness (QED) is 0.759. The lowest BCUT2D eigenvalue weighted by molar-refractivity contribution is 0.148. The summed E-state index contributed by atoms with van der Waals surface area (Å²) in [6, 6.07) is 0.718. The largest absolute Gasteiger partial charge is 0.313 e. The molecular formula is C17H32N2. The van der Waals surface area contributed by atoms with E-state index in [0.717, 1.165) is 23.3 Å². The molecule has 3 aliphatic rings. The first-order valence-electron chi connectivity index (χ1n) is 8.69. The van der Waals surface area contributed by atoms with Gasteiger partial charge in [0.1, 0.15) is 0 Å². The lowest BCUT2D eigenvalue weighted by Gasteiger charge is -2.36. The van der Waals surface area contributed by atoms with Gasteiger partial charge in [-0.05, 0) is 82.2 Å². The zero-order valence-corrected chi connectivity index (χ0v) is 13.0. The summed E-state index contributed by atoms with van der Waals surface area (Å²) in [5, 5.41) is 3.91. The minimum Gasteiger partial charge on any atom is -0.313 e. The van der Waals surface area contributed by atoms with Crippen LogP contribution >= 0.6 is 0 Å². The number of rotatable bonds is 7. The Morgan fingerprint density at radius 3 is 2.68 bits per heavy atom. The average Bonchev–Trinajstić information content (AvgIpc) is 3.28. The average molecular weight is 264 g/mol. The number of nitrogens with one attached hydrogen (secondary N) is 1. The normalized spacial score (nSPS) is 32.2. The van der Waals surface area contributed by atoms with E-state index in [1.165, 1.54) is 71.1 Å². The van der Waals surface area contributed by atoms with E-state index in [-0.39, 0.29) is 0 Å². The van der Waals surface area contributed by atoms with Crippen molar-refractivity contribution in [2.45, 2.75) is 64.8 Å². The van der Waals surface area contributed by atoms with Gasteiger partial charge in [-0.3, -0.25) is 0 Å². The van der Waals surface area contributed by atoms with E-state index in [2.05, 4.69) is 24.1 Å². The van der Waals surface area contributed by atoms with E-state index in [4.69, 9.17) is 0 Å². The highest BCUT2D eigenvalue weighted by atomic mass is 15.1. The Morgan fingerprint density at radius 1 is 1.26 bits per heavy atom. The first-order chi connectivity index (χ1) is 9.23. The van der Waals surface area contributed by atoms with E-state index < -0.39 is 0 Å². The molecule has 1 heterocycles. The third kappa shape index (κ3) is 3.33. The number of hydrogen-bond acceptors (Lipinski definition) is 2. The summed E-state index contributed by atoms with van der Waals surface area (Å²) < 4.78 is 0. The highest BCUT2D eigenvalue weighted by molar-refractivity contribution is 5.05. The van der Waals surface area contributed by atoms with E-state index in [9.17, 15) is 0 Å². The van der Waals surface area contributed by atoms with Crippen molar-refractivity contribution in [3.8, 4) is 0 Å². The molecule has 0 aromatic heterocycles. The van der Waals surface area contributed by atoms with Crippen LogP contribution in [0, 0.1) is 17.3 Å². The second-order valence-corrected chi connectivity index (χ2v) is 7.51. The highest BCUT2D eigenvalue weighted by Gasteiger charge is 2.53. The highest BCUT2D eigenvalue weighted by Crippen LogP contribution is 2.60. The van der Waals surface area contributed by atoms with Crippen molar-refractivity contribution in [2.24, 2.45) is 17.3 Å². The summed E-state index contributed by atoms with van der Waals surface area (Å²) in [7, 11) is 0. The summed E-state index contributed by atoms with van der Waals surface area (Å²) in [5.74, 6) is 1.98. The number of likely N-dealkylation sites (tertiary alicyclic amines) is 1. The third-order valence-electron chi connectivity index (χ3n) is 5.90. The molecule has 110 valence electrons. The molecule has 3 rings (SSSR count). The molecule has 1 aliphatic heterocycles. The molecule has 2 aliphatic carbocycles. The number of hydrogen-bond donors (Lipinski definition) is 1. The molecule has 1 saturated heterocycles. The minimum atomic E-state index is 0.718. The fourth-order valence-electron chi connectivity index (χ4n) is 4.14. The van der Waals surface area contributed by atoms with Crippen LogP contribution in [-0.4, -0.2) is 37.1 Å². The monoisotopic (exact) mass is 264 g/mol. The lowest BCUT2D eigenvalue weighted by atomic mass is 9.90. The van der Waals surface area contributed by atoms with Gasteiger partial charge in [-0.15, -0.1) is 0 Å². The van der Waals surface area contributed by atoms with Gasteiger partial charge in [-0.2, -0.15) is 0 Å². The van der Waals surface area contributed by atoms with Crippen molar-refractivity contribution in [2.75, 3.05) is 26.2 Å². The first kappa shape index (κ1) is 13.9. The molecule has 2 unspecified atom stereocenters. The Hall–Kier alpha value is -0.0800. The Labute approximate surface area is 119 Å². The SMILES string of the molecule is CCCN1CCCC(C(C)NCC2(C3CC3)CC2)C1. The van der Waals surface area contributed by atoms with Crippen molar-refractivity contribution in [3.63, 3.8) is 0 Å². The molecule has 0 aromatic carbocycles. The molecule has 2 heteroatoms. The van der Waals surface area contributed by atoms with E-state index >= 15 is 0 Å². The van der Waals surface area contributed by atoms with Gasteiger partial charge in [0.05, 0.1) is 0 Å². The topological polar surface area (TPSA) is 15.3 Å². The fraction of sp³-hybridized carbons (Fsp3) is 1.00. The van der Waals surface area contributed by atoms with Gasteiger partial charge in [-0.25, -0.2) is 0 Å². The van der Waals surface area contributed by atoms with E-state index in [0.29, 0.717) is 0 Å². The van der Waals surface area contributed by atoms with Crippen LogP contribution in [0.4, 0.5) is 0 Å². The Balaban J connectivity index is 1.43. The predicted octanol–water partition coefficient (Wildman–Crippen LogP) is 3.28. The van der Waals surface area contributed by atoms with Crippen LogP contribution in [0.2, 0.25) is 0 Å².